The molecule has 3 rings (SSSR count). The molecule has 0 radical (unpaired) electrons. The molecule has 4 nitrogen and oxygen atoms in total. The number of aryl methyl sites for hydroxylation is 1. The summed E-state index contributed by atoms with van der Waals surface area (Å²) in [6.07, 6.45) is 7.51. The van der Waals surface area contributed by atoms with Crippen molar-refractivity contribution in [2.24, 2.45) is 5.73 Å². The van der Waals surface area contributed by atoms with E-state index in [9.17, 15) is 0 Å². The summed E-state index contributed by atoms with van der Waals surface area (Å²) in [4.78, 5) is 11.2. The van der Waals surface area contributed by atoms with Gasteiger partial charge in [-0.1, -0.05) is 0 Å². The first-order valence-corrected chi connectivity index (χ1v) is 6.18. The average molecular weight is 218 g/mol. The van der Waals surface area contributed by atoms with E-state index in [4.69, 9.17) is 5.73 Å². The molecule has 4 heteroatoms. The molecule has 0 saturated carbocycles. The van der Waals surface area contributed by atoms with Crippen LogP contribution in [0.2, 0.25) is 0 Å². The van der Waals surface area contributed by atoms with Crippen LogP contribution in [0, 0.1) is 0 Å². The molecule has 1 fully saturated rings. The van der Waals surface area contributed by atoms with Crippen LogP contribution in [0.4, 0.5) is 5.82 Å². The van der Waals surface area contributed by atoms with Crippen molar-refractivity contribution < 1.29 is 0 Å². The van der Waals surface area contributed by atoms with E-state index in [0.29, 0.717) is 6.04 Å². The van der Waals surface area contributed by atoms with Crippen molar-refractivity contribution in [2.45, 2.75) is 38.1 Å². The molecule has 16 heavy (non-hydrogen) atoms. The number of anilines is 1. The van der Waals surface area contributed by atoms with E-state index in [-0.39, 0.29) is 0 Å². The lowest BCUT2D eigenvalue weighted by Gasteiger charge is -2.32. The predicted octanol–water partition coefficient (Wildman–Crippen LogP) is 0.893. The highest BCUT2D eigenvalue weighted by Gasteiger charge is 2.24. The Hall–Kier alpha value is -1.16. The smallest absolute Gasteiger partial charge is 0.135 e. The summed E-state index contributed by atoms with van der Waals surface area (Å²) >= 11 is 0. The Bertz CT molecular complexity index is 391. The van der Waals surface area contributed by atoms with Crippen molar-refractivity contribution in [3.8, 4) is 0 Å². The fourth-order valence-corrected chi connectivity index (χ4v) is 2.82. The normalized spacial score (nSPS) is 24.6. The Morgan fingerprint density at radius 1 is 1.25 bits per heavy atom. The van der Waals surface area contributed by atoms with E-state index in [1.165, 1.54) is 24.1 Å². The number of fused-ring (bicyclic) bond motifs is 1. The van der Waals surface area contributed by atoms with Gasteiger partial charge in [0.05, 0.1) is 0 Å². The van der Waals surface area contributed by atoms with Gasteiger partial charge in [-0.25, -0.2) is 9.97 Å². The van der Waals surface area contributed by atoms with Crippen molar-refractivity contribution >= 4 is 5.82 Å². The van der Waals surface area contributed by atoms with E-state index in [2.05, 4.69) is 14.9 Å². The zero-order chi connectivity index (χ0) is 11.0. The van der Waals surface area contributed by atoms with Crippen molar-refractivity contribution in [3.05, 3.63) is 17.6 Å². The summed E-state index contributed by atoms with van der Waals surface area (Å²) in [6.45, 7) is 2.04. The predicted molar refractivity (Wildman–Crippen MR) is 63.5 cm³/mol. The van der Waals surface area contributed by atoms with E-state index in [1.54, 1.807) is 6.33 Å². The van der Waals surface area contributed by atoms with E-state index in [1.807, 2.05) is 0 Å². The highest BCUT2D eigenvalue weighted by molar-refractivity contribution is 5.50. The molecular weight excluding hydrogens is 200 g/mol. The van der Waals surface area contributed by atoms with E-state index in [0.717, 1.165) is 38.2 Å². The van der Waals surface area contributed by atoms with Gasteiger partial charge in [-0.05, 0) is 32.1 Å². The van der Waals surface area contributed by atoms with Crippen LogP contribution >= 0.6 is 0 Å². The molecule has 1 saturated heterocycles. The van der Waals surface area contributed by atoms with Gasteiger partial charge in [-0.15, -0.1) is 0 Å². The SMILES string of the molecule is NC1CCCN(c2ncnc3c2CCC3)C1. The molecule has 2 aliphatic rings. The molecule has 0 amide bonds. The molecule has 1 aliphatic carbocycles. The van der Waals surface area contributed by atoms with Gasteiger partial charge >= 0.3 is 0 Å². The second kappa shape index (κ2) is 4.01. The lowest BCUT2D eigenvalue weighted by Crippen LogP contribution is -2.43. The van der Waals surface area contributed by atoms with E-state index < -0.39 is 0 Å². The van der Waals surface area contributed by atoms with Gasteiger partial charge < -0.3 is 10.6 Å². The van der Waals surface area contributed by atoms with Gasteiger partial charge in [0.1, 0.15) is 12.1 Å². The summed E-state index contributed by atoms with van der Waals surface area (Å²) < 4.78 is 0. The molecule has 1 aromatic rings. The van der Waals surface area contributed by atoms with E-state index >= 15 is 0 Å². The Balaban J connectivity index is 1.91. The van der Waals surface area contributed by atoms with Crippen LogP contribution < -0.4 is 10.6 Å². The van der Waals surface area contributed by atoms with Crippen molar-refractivity contribution in [1.82, 2.24) is 9.97 Å². The van der Waals surface area contributed by atoms with Gasteiger partial charge in [-0.3, -0.25) is 0 Å². The second-order valence-electron chi connectivity index (χ2n) is 4.82. The Kier molecular flexibility index (Phi) is 2.52. The molecule has 2 N–H and O–H groups in total. The fraction of sp³-hybridized carbons (Fsp3) is 0.667. The van der Waals surface area contributed by atoms with Crippen LogP contribution in [0.25, 0.3) is 0 Å². The third-order valence-corrected chi connectivity index (χ3v) is 3.61. The largest absolute Gasteiger partial charge is 0.355 e. The molecule has 0 aromatic carbocycles. The highest BCUT2D eigenvalue weighted by Crippen LogP contribution is 2.29. The lowest BCUT2D eigenvalue weighted by molar-refractivity contribution is 0.502. The zero-order valence-corrected chi connectivity index (χ0v) is 9.52. The summed E-state index contributed by atoms with van der Waals surface area (Å²) in [5, 5.41) is 0. The second-order valence-corrected chi connectivity index (χ2v) is 4.82. The number of hydrogen-bond donors (Lipinski definition) is 1. The molecule has 1 atom stereocenters. The van der Waals surface area contributed by atoms with Crippen LogP contribution in [0.5, 0.6) is 0 Å². The summed E-state index contributed by atoms with van der Waals surface area (Å²) in [5.74, 6) is 1.15. The number of rotatable bonds is 1. The highest BCUT2D eigenvalue weighted by atomic mass is 15.2. The van der Waals surface area contributed by atoms with Crippen molar-refractivity contribution in [3.63, 3.8) is 0 Å². The maximum Gasteiger partial charge on any atom is 0.135 e. The van der Waals surface area contributed by atoms with Crippen LogP contribution in [-0.4, -0.2) is 29.1 Å². The third kappa shape index (κ3) is 1.67. The summed E-state index contributed by atoms with van der Waals surface area (Å²) in [7, 11) is 0. The Morgan fingerprint density at radius 2 is 2.19 bits per heavy atom. The van der Waals surface area contributed by atoms with Gasteiger partial charge in [0, 0.05) is 30.4 Å². The minimum Gasteiger partial charge on any atom is -0.355 e. The molecule has 0 spiro atoms. The summed E-state index contributed by atoms with van der Waals surface area (Å²) in [6, 6.07) is 0.306. The maximum absolute atomic E-state index is 6.02. The Morgan fingerprint density at radius 3 is 3.06 bits per heavy atom. The standard InChI is InChI=1S/C12H18N4/c13-9-3-2-6-16(7-9)12-10-4-1-5-11(10)14-8-15-12/h8-9H,1-7,13H2. The first-order valence-electron chi connectivity index (χ1n) is 6.18. The maximum atomic E-state index is 6.02. The molecule has 1 unspecified atom stereocenters. The number of hydrogen-bond acceptors (Lipinski definition) is 4. The topological polar surface area (TPSA) is 55.0 Å². The first-order chi connectivity index (χ1) is 7.84. The number of nitrogens with two attached hydrogens (primary N) is 1. The van der Waals surface area contributed by atoms with Crippen LogP contribution in [0.3, 0.4) is 0 Å². The van der Waals surface area contributed by atoms with Crippen molar-refractivity contribution in [1.29, 1.82) is 0 Å². The molecule has 0 bridgehead atoms. The van der Waals surface area contributed by atoms with Crippen molar-refractivity contribution in [2.75, 3.05) is 18.0 Å². The third-order valence-electron chi connectivity index (χ3n) is 3.61. The molecule has 1 aliphatic heterocycles. The quantitative estimate of drug-likeness (QED) is 0.760. The number of nitrogens with zero attached hydrogens (tertiary/aromatic N) is 3. The van der Waals surface area contributed by atoms with Gasteiger partial charge in [0.25, 0.3) is 0 Å². The molecular formula is C12H18N4. The van der Waals surface area contributed by atoms with Gasteiger partial charge in [-0.2, -0.15) is 0 Å². The number of piperidine rings is 1. The van der Waals surface area contributed by atoms with Gasteiger partial charge in [0.15, 0.2) is 0 Å². The monoisotopic (exact) mass is 218 g/mol. The van der Waals surface area contributed by atoms with Gasteiger partial charge in [0.2, 0.25) is 0 Å². The minimum absolute atomic E-state index is 0.306. The Labute approximate surface area is 95.9 Å². The number of aromatic nitrogens is 2. The molecule has 1 aromatic heterocycles. The molecule has 2 heterocycles. The fourth-order valence-electron chi connectivity index (χ4n) is 2.82. The first kappa shape index (κ1) is 10.0. The van der Waals surface area contributed by atoms with Crippen LogP contribution in [-0.2, 0) is 12.8 Å². The van der Waals surface area contributed by atoms with Crippen LogP contribution in [0.1, 0.15) is 30.5 Å². The zero-order valence-electron chi connectivity index (χ0n) is 9.52. The average Bonchev–Trinajstić information content (AvgIpc) is 2.76. The minimum atomic E-state index is 0.306. The molecule has 86 valence electrons. The van der Waals surface area contributed by atoms with Crippen LogP contribution in [0.15, 0.2) is 6.33 Å². The summed E-state index contributed by atoms with van der Waals surface area (Å²) in [5.41, 5.74) is 8.65. The lowest BCUT2D eigenvalue weighted by atomic mass is 10.1.